The highest BCUT2D eigenvalue weighted by molar-refractivity contribution is 7.99. The van der Waals surface area contributed by atoms with Gasteiger partial charge in [0.15, 0.2) is 0 Å². The molecule has 0 bridgehead atoms. The number of amides is 1. The van der Waals surface area contributed by atoms with Gasteiger partial charge in [-0.2, -0.15) is 11.8 Å². The van der Waals surface area contributed by atoms with Crippen LogP contribution in [0.1, 0.15) is 12.8 Å². The molecule has 0 aromatic rings. The summed E-state index contributed by atoms with van der Waals surface area (Å²) in [5.74, 6) is -2.54. The molecule has 0 aliphatic carbocycles. The number of rotatable bonds is 7. The van der Waals surface area contributed by atoms with Crippen molar-refractivity contribution in [1.82, 2.24) is 5.32 Å². The molecule has 0 saturated heterocycles. The third-order valence-electron chi connectivity index (χ3n) is 1.56. The highest BCUT2D eigenvalue weighted by Crippen LogP contribution is 1.99. The van der Waals surface area contributed by atoms with Crippen LogP contribution in [0, 0.1) is 0 Å². The van der Waals surface area contributed by atoms with Gasteiger partial charge in [0.25, 0.3) is 0 Å². The first-order chi connectivity index (χ1) is 6.97. The van der Waals surface area contributed by atoms with Gasteiger partial charge in [-0.1, -0.05) is 0 Å². The first-order valence-electron chi connectivity index (χ1n) is 4.20. The molecule has 0 rings (SSSR count). The molecule has 0 radical (unpaired) electrons. The first-order valence-corrected chi connectivity index (χ1v) is 5.59. The van der Waals surface area contributed by atoms with Crippen molar-refractivity contribution in [2.75, 3.05) is 12.0 Å². The molecule has 7 heteroatoms. The Kier molecular flexibility index (Phi) is 6.52. The van der Waals surface area contributed by atoms with Gasteiger partial charge in [0, 0.05) is 6.42 Å². The average molecular weight is 235 g/mol. The van der Waals surface area contributed by atoms with Crippen molar-refractivity contribution in [2.45, 2.75) is 18.9 Å². The average Bonchev–Trinajstić information content (AvgIpc) is 2.11. The number of carbonyl (C=O) groups excluding carboxylic acids is 1. The van der Waals surface area contributed by atoms with Crippen molar-refractivity contribution in [3.8, 4) is 0 Å². The van der Waals surface area contributed by atoms with Crippen molar-refractivity contribution in [2.24, 2.45) is 0 Å². The molecule has 15 heavy (non-hydrogen) atoms. The van der Waals surface area contributed by atoms with Crippen LogP contribution in [0.4, 0.5) is 0 Å². The fraction of sp³-hybridized carbons (Fsp3) is 0.625. The number of carboxylic acids is 2. The summed E-state index contributed by atoms with van der Waals surface area (Å²) in [4.78, 5) is 31.9. The van der Waals surface area contributed by atoms with Crippen molar-refractivity contribution < 1.29 is 24.6 Å². The predicted molar refractivity (Wildman–Crippen MR) is 54.8 cm³/mol. The molecule has 3 N–H and O–H groups in total. The molecule has 0 aliphatic rings. The highest BCUT2D eigenvalue weighted by atomic mass is 32.2. The zero-order chi connectivity index (χ0) is 11.8. The molecule has 1 amide bonds. The number of hydrogen-bond acceptors (Lipinski definition) is 4. The highest BCUT2D eigenvalue weighted by Gasteiger charge is 2.20. The zero-order valence-corrected chi connectivity index (χ0v) is 9.04. The van der Waals surface area contributed by atoms with Crippen molar-refractivity contribution in [1.29, 1.82) is 0 Å². The summed E-state index contributed by atoms with van der Waals surface area (Å²) in [6.07, 6.45) is 1.33. The predicted octanol–water partition coefficient (Wildman–Crippen LogP) is -0.216. The maximum absolute atomic E-state index is 11.1. The summed E-state index contributed by atoms with van der Waals surface area (Å²) >= 11 is 1.27. The Morgan fingerprint density at radius 2 is 1.93 bits per heavy atom. The van der Waals surface area contributed by atoms with Crippen molar-refractivity contribution in [3.05, 3.63) is 0 Å². The summed E-state index contributed by atoms with van der Waals surface area (Å²) in [6.45, 7) is 0. The Labute approximate surface area is 91.0 Å². The van der Waals surface area contributed by atoms with Gasteiger partial charge in [-0.15, -0.1) is 0 Å². The molecule has 0 spiro atoms. The molecule has 0 aliphatic heterocycles. The van der Waals surface area contributed by atoms with Gasteiger partial charge in [-0.05, 0) is 12.7 Å². The van der Waals surface area contributed by atoms with Crippen LogP contribution in [0.25, 0.3) is 0 Å². The van der Waals surface area contributed by atoms with Crippen molar-refractivity contribution >= 4 is 29.6 Å². The van der Waals surface area contributed by atoms with E-state index >= 15 is 0 Å². The Morgan fingerprint density at radius 1 is 1.33 bits per heavy atom. The lowest BCUT2D eigenvalue weighted by Crippen LogP contribution is -2.41. The van der Waals surface area contributed by atoms with Gasteiger partial charge in [-0.3, -0.25) is 9.59 Å². The third-order valence-corrected chi connectivity index (χ3v) is 2.11. The Balaban J connectivity index is 4.10. The summed E-state index contributed by atoms with van der Waals surface area (Å²) in [7, 11) is 0. The number of nitrogens with one attached hydrogen (secondary N) is 1. The van der Waals surface area contributed by atoms with Crippen LogP contribution in [0.3, 0.4) is 0 Å². The van der Waals surface area contributed by atoms with Gasteiger partial charge in [0.05, 0.1) is 5.75 Å². The topological polar surface area (TPSA) is 104 Å². The molecule has 1 atom stereocenters. The maximum atomic E-state index is 11.1. The second-order valence-electron chi connectivity index (χ2n) is 2.82. The van der Waals surface area contributed by atoms with Crippen LogP contribution in [0.15, 0.2) is 0 Å². The van der Waals surface area contributed by atoms with Gasteiger partial charge in [-0.25, -0.2) is 4.79 Å². The molecule has 0 fully saturated rings. The van der Waals surface area contributed by atoms with E-state index in [9.17, 15) is 14.4 Å². The maximum Gasteiger partial charge on any atom is 0.326 e. The van der Waals surface area contributed by atoms with Crippen LogP contribution < -0.4 is 5.32 Å². The van der Waals surface area contributed by atoms with E-state index in [0.717, 1.165) is 0 Å². The Hall–Kier alpha value is -1.24. The molecular weight excluding hydrogens is 222 g/mol. The van der Waals surface area contributed by atoms with Gasteiger partial charge < -0.3 is 15.5 Å². The van der Waals surface area contributed by atoms with Gasteiger partial charge in [0.2, 0.25) is 5.91 Å². The number of carbonyl (C=O) groups is 3. The molecule has 6 nitrogen and oxygen atoms in total. The summed E-state index contributed by atoms with van der Waals surface area (Å²) in [6, 6.07) is -1.12. The fourth-order valence-corrected chi connectivity index (χ4v) is 1.24. The molecule has 0 heterocycles. The van der Waals surface area contributed by atoms with Crippen LogP contribution in [-0.2, 0) is 14.4 Å². The standard InChI is InChI=1S/C8H13NO5S/c1-15-4-6(10)9-5(8(13)14)2-3-7(11)12/h5H,2-4H2,1H3,(H,9,10)(H,11,12)(H,13,14). The van der Waals surface area contributed by atoms with E-state index in [1.54, 1.807) is 6.26 Å². The molecular formula is C8H13NO5S. The third kappa shape index (κ3) is 6.78. The lowest BCUT2D eigenvalue weighted by atomic mass is 10.1. The van der Waals surface area contributed by atoms with Crippen LogP contribution in [-0.4, -0.2) is 46.1 Å². The number of thioether (sulfide) groups is 1. The molecule has 0 aromatic heterocycles. The molecule has 0 aromatic carbocycles. The lowest BCUT2D eigenvalue weighted by molar-refractivity contribution is -0.142. The normalized spacial score (nSPS) is 11.8. The largest absolute Gasteiger partial charge is 0.481 e. The number of hydrogen-bond donors (Lipinski definition) is 3. The van der Waals surface area contributed by atoms with E-state index in [0.29, 0.717) is 0 Å². The summed E-state index contributed by atoms with van der Waals surface area (Å²) < 4.78 is 0. The smallest absolute Gasteiger partial charge is 0.326 e. The van der Waals surface area contributed by atoms with E-state index in [-0.39, 0.29) is 18.6 Å². The van der Waals surface area contributed by atoms with Crippen LogP contribution in [0.5, 0.6) is 0 Å². The minimum Gasteiger partial charge on any atom is -0.481 e. The Bertz CT molecular complexity index is 255. The summed E-state index contributed by atoms with van der Waals surface area (Å²) in [5.41, 5.74) is 0. The second kappa shape index (κ2) is 7.10. The second-order valence-corrected chi connectivity index (χ2v) is 3.69. The van der Waals surface area contributed by atoms with Crippen LogP contribution >= 0.6 is 11.8 Å². The minimum absolute atomic E-state index is 0.106. The number of carboxylic acid groups (broad SMARTS) is 2. The Morgan fingerprint density at radius 3 is 2.33 bits per heavy atom. The van der Waals surface area contributed by atoms with E-state index in [2.05, 4.69) is 5.32 Å². The quantitative estimate of drug-likeness (QED) is 0.563. The van der Waals surface area contributed by atoms with Gasteiger partial charge in [0.1, 0.15) is 6.04 Å². The lowest BCUT2D eigenvalue weighted by Gasteiger charge is -2.12. The molecule has 86 valence electrons. The SMILES string of the molecule is CSCC(=O)NC(CCC(=O)O)C(=O)O. The van der Waals surface area contributed by atoms with E-state index < -0.39 is 23.9 Å². The first kappa shape index (κ1) is 13.8. The van der Waals surface area contributed by atoms with E-state index in [1.165, 1.54) is 11.8 Å². The fourth-order valence-electron chi connectivity index (χ4n) is 0.892. The monoisotopic (exact) mass is 235 g/mol. The van der Waals surface area contributed by atoms with E-state index in [4.69, 9.17) is 10.2 Å². The number of aliphatic carboxylic acids is 2. The van der Waals surface area contributed by atoms with Gasteiger partial charge >= 0.3 is 11.9 Å². The van der Waals surface area contributed by atoms with E-state index in [1.807, 2.05) is 0 Å². The minimum atomic E-state index is -1.22. The molecule has 1 unspecified atom stereocenters. The zero-order valence-electron chi connectivity index (χ0n) is 8.23. The molecule has 0 saturated carbocycles. The van der Waals surface area contributed by atoms with Crippen LogP contribution in [0.2, 0.25) is 0 Å². The van der Waals surface area contributed by atoms with Crippen molar-refractivity contribution in [3.63, 3.8) is 0 Å². The summed E-state index contributed by atoms with van der Waals surface area (Å²) in [5, 5.41) is 19.3.